The van der Waals surface area contributed by atoms with Gasteiger partial charge in [-0.1, -0.05) is 0 Å². The number of rotatable bonds is 4. The van der Waals surface area contributed by atoms with Gasteiger partial charge in [0.1, 0.15) is 11.4 Å². The molecule has 1 fully saturated rings. The lowest BCUT2D eigenvalue weighted by atomic mass is 10.1. The zero-order valence-electron chi connectivity index (χ0n) is 14.5. The summed E-state index contributed by atoms with van der Waals surface area (Å²) in [7, 11) is 1.59. The van der Waals surface area contributed by atoms with Crippen LogP contribution in [0.25, 0.3) is 0 Å². The van der Waals surface area contributed by atoms with Crippen molar-refractivity contribution in [3.63, 3.8) is 0 Å². The summed E-state index contributed by atoms with van der Waals surface area (Å²) in [6.07, 6.45) is 1.64. The fraction of sp³-hybridized carbons (Fsp3) is 0.389. The Hall–Kier alpha value is -2.83. The molecule has 2 amide bonds. The Morgan fingerprint density at radius 2 is 1.60 bits per heavy atom. The van der Waals surface area contributed by atoms with Crippen LogP contribution in [0.4, 0.5) is 0 Å². The average Bonchev–Trinajstić information content (AvgIpc) is 3.16. The van der Waals surface area contributed by atoms with Crippen LogP contribution in [0.1, 0.15) is 27.8 Å². The van der Waals surface area contributed by atoms with E-state index in [0.717, 1.165) is 5.75 Å². The van der Waals surface area contributed by atoms with Gasteiger partial charge in [-0.25, -0.2) is 0 Å². The predicted octanol–water partition coefficient (Wildman–Crippen LogP) is 1.51. The van der Waals surface area contributed by atoms with E-state index in [0.29, 0.717) is 44.0 Å². The van der Waals surface area contributed by atoms with Crippen LogP contribution in [-0.2, 0) is 6.54 Å². The zero-order chi connectivity index (χ0) is 17.8. The summed E-state index contributed by atoms with van der Waals surface area (Å²) in [6, 6.07) is 8.82. The van der Waals surface area contributed by atoms with Crippen LogP contribution in [0.5, 0.6) is 5.75 Å². The topological polar surface area (TPSA) is 67.7 Å². The van der Waals surface area contributed by atoms with E-state index < -0.39 is 0 Å². The highest BCUT2D eigenvalue weighted by atomic mass is 16.5. The van der Waals surface area contributed by atoms with Gasteiger partial charge >= 0.3 is 0 Å². The van der Waals surface area contributed by atoms with Crippen LogP contribution in [-0.4, -0.2) is 64.7 Å². The van der Waals surface area contributed by atoms with Crippen molar-refractivity contribution in [1.82, 2.24) is 19.6 Å². The lowest BCUT2D eigenvalue weighted by Gasteiger charge is -2.34. The molecule has 1 aromatic carbocycles. The van der Waals surface area contributed by atoms with E-state index in [-0.39, 0.29) is 11.8 Å². The van der Waals surface area contributed by atoms with Crippen LogP contribution < -0.4 is 4.74 Å². The molecule has 2 aromatic rings. The van der Waals surface area contributed by atoms with Gasteiger partial charge < -0.3 is 14.5 Å². The highest BCUT2D eigenvalue weighted by Gasteiger charge is 2.26. The van der Waals surface area contributed by atoms with E-state index >= 15 is 0 Å². The minimum absolute atomic E-state index is 0.0200. The van der Waals surface area contributed by atoms with Crippen molar-refractivity contribution in [2.45, 2.75) is 13.5 Å². The smallest absolute Gasteiger partial charge is 0.272 e. The molecule has 1 saturated heterocycles. The molecule has 0 spiro atoms. The average molecular weight is 342 g/mol. The molecule has 0 N–H and O–H groups in total. The molecule has 7 heteroatoms. The number of piperazine rings is 1. The maximum absolute atomic E-state index is 12.6. The number of aromatic nitrogens is 2. The van der Waals surface area contributed by atoms with Gasteiger partial charge in [-0.15, -0.1) is 0 Å². The number of hydrogen-bond acceptors (Lipinski definition) is 4. The number of ether oxygens (including phenoxy) is 1. The highest BCUT2D eigenvalue weighted by Crippen LogP contribution is 2.15. The second-order valence-corrected chi connectivity index (χ2v) is 5.85. The quantitative estimate of drug-likeness (QED) is 0.845. The summed E-state index contributed by atoms with van der Waals surface area (Å²) in [5, 5.41) is 4.14. The Morgan fingerprint density at radius 3 is 2.16 bits per heavy atom. The van der Waals surface area contributed by atoms with Gasteiger partial charge in [-0.3, -0.25) is 14.3 Å². The summed E-state index contributed by atoms with van der Waals surface area (Å²) < 4.78 is 6.80. The van der Waals surface area contributed by atoms with E-state index in [4.69, 9.17) is 4.74 Å². The summed E-state index contributed by atoms with van der Waals surface area (Å²) in [5.41, 5.74) is 1.22. The van der Waals surface area contributed by atoms with Gasteiger partial charge in [-0.05, 0) is 37.3 Å². The van der Waals surface area contributed by atoms with Crippen molar-refractivity contribution >= 4 is 11.8 Å². The molecule has 1 aromatic heterocycles. The first-order valence-corrected chi connectivity index (χ1v) is 8.38. The Bertz CT molecular complexity index is 746. The van der Waals surface area contributed by atoms with Crippen LogP contribution in [0, 0.1) is 0 Å². The Labute approximate surface area is 146 Å². The van der Waals surface area contributed by atoms with Crippen LogP contribution in [0.15, 0.2) is 36.5 Å². The Balaban J connectivity index is 1.61. The number of amides is 2. The number of methoxy groups -OCH3 is 1. The van der Waals surface area contributed by atoms with Gasteiger partial charge in [0.15, 0.2) is 0 Å². The minimum atomic E-state index is -0.0316. The van der Waals surface area contributed by atoms with Gasteiger partial charge in [-0.2, -0.15) is 5.10 Å². The maximum atomic E-state index is 12.6. The largest absolute Gasteiger partial charge is 0.497 e. The third kappa shape index (κ3) is 3.50. The molecule has 7 nitrogen and oxygen atoms in total. The fourth-order valence-electron chi connectivity index (χ4n) is 2.96. The summed E-state index contributed by atoms with van der Waals surface area (Å²) in [4.78, 5) is 28.7. The molecule has 0 unspecified atom stereocenters. The third-order valence-electron chi connectivity index (χ3n) is 4.43. The normalized spacial score (nSPS) is 14.5. The fourth-order valence-corrected chi connectivity index (χ4v) is 2.96. The zero-order valence-corrected chi connectivity index (χ0v) is 14.5. The molecule has 0 aliphatic carbocycles. The second kappa shape index (κ2) is 7.38. The lowest BCUT2D eigenvalue weighted by molar-refractivity contribution is 0.0528. The molecular formula is C18H22N4O3. The third-order valence-corrected chi connectivity index (χ3v) is 4.43. The molecule has 1 aliphatic heterocycles. The standard InChI is InChI=1S/C18H22N4O3/c1-3-22-16(8-9-19-22)18(24)21-12-10-20(11-13-21)17(23)14-4-6-15(25-2)7-5-14/h4-9H,3,10-13H2,1-2H3. The van der Waals surface area contributed by atoms with Gasteiger partial charge in [0.25, 0.3) is 11.8 Å². The van der Waals surface area contributed by atoms with E-state index in [1.165, 1.54) is 0 Å². The molecule has 0 saturated carbocycles. The van der Waals surface area contributed by atoms with Crippen LogP contribution in [0.3, 0.4) is 0 Å². The van der Waals surface area contributed by atoms with Crippen molar-refractivity contribution in [2.24, 2.45) is 0 Å². The van der Waals surface area contributed by atoms with Gasteiger partial charge in [0.05, 0.1) is 7.11 Å². The molecule has 132 valence electrons. The van der Waals surface area contributed by atoms with Crippen molar-refractivity contribution in [1.29, 1.82) is 0 Å². The molecule has 0 bridgehead atoms. The first-order chi connectivity index (χ1) is 12.1. The van der Waals surface area contributed by atoms with Crippen molar-refractivity contribution < 1.29 is 14.3 Å². The van der Waals surface area contributed by atoms with Crippen molar-refractivity contribution in [3.8, 4) is 5.75 Å². The molecule has 0 radical (unpaired) electrons. The van der Waals surface area contributed by atoms with E-state index in [1.54, 1.807) is 58.1 Å². The summed E-state index contributed by atoms with van der Waals surface area (Å²) in [5.74, 6) is 0.670. The van der Waals surface area contributed by atoms with Crippen molar-refractivity contribution in [2.75, 3.05) is 33.3 Å². The minimum Gasteiger partial charge on any atom is -0.497 e. The number of hydrogen-bond donors (Lipinski definition) is 0. The van der Waals surface area contributed by atoms with E-state index in [2.05, 4.69) is 5.10 Å². The predicted molar refractivity (Wildman–Crippen MR) is 92.7 cm³/mol. The Kier molecular flexibility index (Phi) is 5.02. The van der Waals surface area contributed by atoms with E-state index in [9.17, 15) is 9.59 Å². The summed E-state index contributed by atoms with van der Waals surface area (Å²) in [6.45, 7) is 4.71. The first kappa shape index (κ1) is 17.0. The first-order valence-electron chi connectivity index (χ1n) is 8.38. The van der Waals surface area contributed by atoms with E-state index in [1.807, 2.05) is 6.92 Å². The molecule has 1 aliphatic rings. The maximum Gasteiger partial charge on any atom is 0.272 e. The lowest BCUT2D eigenvalue weighted by Crippen LogP contribution is -2.50. The second-order valence-electron chi connectivity index (χ2n) is 5.85. The number of benzene rings is 1. The summed E-state index contributed by atoms with van der Waals surface area (Å²) >= 11 is 0. The monoisotopic (exact) mass is 342 g/mol. The highest BCUT2D eigenvalue weighted by molar-refractivity contribution is 5.95. The number of nitrogens with zero attached hydrogens (tertiary/aromatic N) is 4. The number of carbonyl (C=O) groups is 2. The SMILES string of the molecule is CCn1nccc1C(=O)N1CCN(C(=O)c2ccc(OC)cc2)CC1. The molecular weight excluding hydrogens is 320 g/mol. The molecule has 0 atom stereocenters. The number of aryl methyl sites for hydroxylation is 1. The van der Waals surface area contributed by atoms with Gasteiger partial charge in [0.2, 0.25) is 0 Å². The van der Waals surface area contributed by atoms with Crippen LogP contribution in [0.2, 0.25) is 0 Å². The molecule has 3 rings (SSSR count). The van der Waals surface area contributed by atoms with Crippen molar-refractivity contribution in [3.05, 3.63) is 47.8 Å². The number of carbonyl (C=O) groups excluding carboxylic acids is 2. The van der Waals surface area contributed by atoms with Gasteiger partial charge in [0, 0.05) is 44.5 Å². The molecule has 2 heterocycles. The Morgan fingerprint density at radius 1 is 1.00 bits per heavy atom. The van der Waals surface area contributed by atoms with Crippen LogP contribution >= 0.6 is 0 Å². The molecule has 25 heavy (non-hydrogen) atoms.